The normalized spacial score (nSPS) is 17.0. The van der Waals surface area contributed by atoms with Gasteiger partial charge in [-0.1, -0.05) is 24.6 Å². The van der Waals surface area contributed by atoms with Gasteiger partial charge < -0.3 is 10.2 Å². The second kappa shape index (κ2) is 8.95. The Labute approximate surface area is 172 Å². The van der Waals surface area contributed by atoms with Crippen LogP contribution >= 0.6 is 0 Å². The average molecular weight is 395 g/mol. The fraction of sp³-hybridized carbons (Fsp3) is 0.458. The van der Waals surface area contributed by atoms with E-state index < -0.39 is 0 Å². The van der Waals surface area contributed by atoms with Crippen LogP contribution in [0.4, 0.5) is 10.1 Å². The number of rotatable bonds is 3. The van der Waals surface area contributed by atoms with Crippen molar-refractivity contribution in [3.63, 3.8) is 0 Å². The maximum Gasteiger partial charge on any atom is 0.123 e. The SMILES string of the molecule is CCc1nn(C2CCC2)c2cc(N3CCNCC3)ccc12.Cc1ccc(F)cc1. The molecular formula is C24H31FN4. The van der Waals surface area contributed by atoms with Gasteiger partial charge in [-0.3, -0.25) is 4.68 Å². The molecular weight excluding hydrogens is 363 g/mol. The Balaban J connectivity index is 0.000000216. The average Bonchev–Trinajstić information content (AvgIpc) is 3.08. The van der Waals surface area contributed by atoms with Crippen molar-refractivity contribution in [3.8, 4) is 0 Å². The highest BCUT2D eigenvalue weighted by Gasteiger charge is 2.24. The molecule has 0 radical (unpaired) electrons. The van der Waals surface area contributed by atoms with E-state index in [-0.39, 0.29) is 5.82 Å². The van der Waals surface area contributed by atoms with Crippen LogP contribution in [0.15, 0.2) is 42.5 Å². The van der Waals surface area contributed by atoms with Crippen LogP contribution in [0.2, 0.25) is 0 Å². The van der Waals surface area contributed by atoms with E-state index in [4.69, 9.17) is 5.10 Å². The third-order valence-electron chi connectivity index (χ3n) is 6.02. The van der Waals surface area contributed by atoms with Gasteiger partial charge in [0.1, 0.15) is 5.82 Å². The Kier molecular flexibility index (Phi) is 6.14. The van der Waals surface area contributed by atoms with Crippen LogP contribution in [0, 0.1) is 12.7 Å². The van der Waals surface area contributed by atoms with Crippen LogP contribution in [-0.2, 0) is 6.42 Å². The van der Waals surface area contributed by atoms with Gasteiger partial charge in [0.05, 0.1) is 17.3 Å². The van der Waals surface area contributed by atoms with Crippen LogP contribution in [0.1, 0.15) is 43.5 Å². The van der Waals surface area contributed by atoms with Crippen molar-refractivity contribution in [2.45, 2.75) is 45.6 Å². The summed E-state index contributed by atoms with van der Waals surface area (Å²) in [5, 5.41) is 9.68. The molecule has 1 aliphatic heterocycles. The van der Waals surface area contributed by atoms with Gasteiger partial charge in [-0.25, -0.2) is 4.39 Å². The Morgan fingerprint density at radius 1 is 1.07 bits per heavy atom. The molecule has 0 unspecified atom stereocenters. The maximum absolute atomic E-state index is 12.1. The number of halogens is 1. The summed E-state index contributed by atoms with van der Waals surface area (Å²) in [5.41, 5.74) is 5.04. The molecule has 5 heteroatoms. The predicted molar refractivity (Wildman–Crippen MR) is 118 cm³/mol. The van der Waals surface area contributed by atoms with E-state index in [1.54, 1.807) is 12.1 Å². The van der Waals surface area contributed by atoms with Gasteiger partial charge in [0, 0.05) is 37.3 Å². The Hall–Kier alpha value is -2.40. The first-order chi connectivity index (χ1) is 14.2. The van der Waals surface area contributed by atoms with Gasteiger partial charge >= 0.3 is 0 Å². The quantitative estimate of drug-likeness (QED) is 0.688. The van der Waals surface area contributed by atoms with Crippen LogP contribution in [0.5, 0.6) is 0 Å². The largest absolute Gasteiger partial charge is 0.369 e. The van der Waals surface area contributed by atoms with Crippen LogP contribution in [0.3, 0.4) is 0 Å². The number of hydrogen-bond acceptors (Lipinski definition) is 3. The highest BCUT2D eigenvalue weighted by Crippen LogP contribution is 2.35. The molecule has 154 valence electrons. The van der Waals surface area contributed by atoms with E-state index in [1.165, 1.54) is 53.7 Å². The number of piperazine rings is 1. The van der Waals surface area contributed by atoms with Gasteiger partial charge in [-0.2, -0.15) is 5.10 Å². The van der Waals surface area contributed by atoms with E-state index in [0.717, 1.165) is 38.2 Å². The highest BCUT2D eigenvalue weighted by molar-refractivity contribution is 5.85. The zero-order valence-electron chi connectivity index (χ0n) is 17.5. The highest BCUT2D eigenvalue weighted by atomic mass is 19.1. The summed E-state index contributed by atoms with van der Waals surface area (Å²) < 4.78 is 14.4. The minimum absolute atomic E-state index is 0.171. The van der Waals surface area contributed by atoms with Crippen LogP contribution in [0.25, 0.3) is 10.9 Å². The summed E-state index contributed by atoms with van der Waals surface area (Å²) in [6.07, 6.45) is 4.95. The molecule has 0 spiro atoms. The standard InChI is InChI=1S/C17H24N4.C7H7F/c1-2-16-15-7-6-14(20-10-8-18-9-11-20)12-17(15)21(19-16)13-4-3-5-13;1-6-2-4-7(8)5-3-6/h6-7,12-13,18H,2-5,8-11H2,1H3;2-5H,1H3. The van der Waals surface area contributed by atoms with Gasteiger partial charge in [0.2, 0.25) is 0 Å². The van der Waals surface area contributed by atoms with E-state index in [1.807, 2.05) is 6.92 Å². The van der Waals surface area contributed by atoms with Crippen LogP contribution in [-0.4, -0.2) is 36.0 Å². The molecule has 1 aliphatic carbocycles. The summed E-state index contributed by atoms with van der Waals surface area (Å²) >= 11 is 0. The Morgan fingerprint density at radius 2 is 1.79 bits per heavy atom. The van der Waals surface area contributed by atoms with Crippen LogP contribution < -0.4 is 10.2 Å². The lowest BCUT2D eigenvalue weighted by Gasteiger charge is -2.30. The monoisotopic (exact) mass is 394 g/mol. The summed E-state index contributed by atoms with van der Waals surface area (Å²) in [6, 6.07) is 14.0. The Morgan fingerprint density at radius 3 is 2.38 bits per heavy atom. The third-order valence-corrected chi connectivity index (χ3v) is 6.02. The van der Waals surface area contributed by atoms with Crippen molar-refractivity contribution >= 4 is 16.6 Å². The van der Waals surface area contributed by atoms with Gasteiger partial charge in [0.25, 0.3) is 0 Å². The zero-order valence-corrected chi connectivity index (χ0v) is 17.5. The molecule has 1 saturated carbocycles. The lowest BCUT2D eigenvalue weighted by atomic mass is 9.93. The first-order valence-corrected chi connectivity index (χ1v) is 10.8. The second-order valence-corrected chi connectivity index (χ2v) is 8.06. The molecule has 2 heterocycles. The number of anilines is 1. The lowest BCUT2D eigenvalue weighted by Crippen LogP contribution is -2.43. The van der Waals surface area contributed by atoms with E-state index in [9.17, 15) is 4.39 Å². The molecule has 5 rings (SSSR count). The van der Waals surface area contributed by atoms with Crippen molar-refractivity contribution in [1.29, 1.82) is 0 Å². The molecule has 1 aromatic heterocycles. The first-order valence-electron chi connectivity index (χ1n) is 10.8. The molecule has 0 amide bonds. The first kappa shape index (κ1) is 19.9. The van der Waals surface area contributed by atoms with E-state index in [2.05, 4.69) is 40.0 Å². The Bertz CT molecular complexity index is 916. The number of fused-ring (bicyclic) bond motifs is 1. The summed E-state index contributed by atoms with van der Waals surface area (Å²) in [7, 11) is 0. The number of nitrogens with zero attached hydrogens (tertiary/aromatic N) is 3. The maximum atomic E-state index is 12.1. The summed E-state index contributed by atoms with van der Waals surface area (Å²) in [4.78, 5) is 2.49. The zero-order chi connectivity index (χ0) is 20.2. The topological polar surface area (TPSA) is 33.1 Å². The summed E-state index contributed by atoms with van der Waals surface area (Å²) in [6.45, 7) is 8.50. The molecule has 0 bridgehead atoms. The summed E-state index contributed by atoms with van der Waals surface area (Å²) in [5.74, 6) is -0.171. The van der Waals surface area contributed by atoms with Crippen molar-refractivity contribution in [3.05, 3.63) is 59.5 Å². The minimum Gasteiger partial charge on any atom is -0.369 e. The molecule has 4 nitrogen and oxygen atoms in total. The second-order valence-electron chi connectivity index (χ2n) is 8.06. The van der Waals surface area contributed by atoms with Crippen molar-refractivity contribution in [2.75, 3.05) is 31.1 Å². The van der Waals surface area contributed by atoms with Gasteiger partial charge in [-0.05, 0) is 62.9 Å². The molecule has 0 atom stereocenters. The smallest absolute Gasteiger partial charge is 0.123 e. The molecule has 3 aromatic rings. The van der Waals surface area contributed by atoms with Crippen molar-refractivity contribution < 1.29 is 4.39 Å². The number of aryl methyl sites for hydroxylation is 2. The van der Waals surface area contributed by atoms with E-state index >= 15 is 0 Å². The number of hydrogen-bond donors (Lipinski definition) is 1. The minimum atomic E-state index is -0.171. The fourth-order valence-corrected chi connectivity index (χ4v) is 4.02. The third kappa shape index (κ3) is 4.45. The molecule has 1 saturated heterocycles. The van der Waals surface area contributed by atoms with E-state index in [0.29, 0.717) is 6.04 Å². The number of aromatic nitrogens is 2. The predicted octanol–water partition coefficient (Wildman–Crippen LogP) is 4.87. The number of nitrogens with one attached hydrogen (secondary N) is 1. The lowest BCUT2D eigenvalue weighted by molar-refractivity contribution is 0.296. The molecule has 29 heavy (non-hydrogen) atoms. The van der Waals surface area contributed by atoms with Gasteiger partial charge in [0.15, 0.2) is 0 Å². The van der Waals surface area contributed by atoms with Crippen molar-refractivity contribution in [1.82, 2.24) is 15.1 Å². The molecule has 2 aliphatic rings. The fourth-order valence-electron chi connectivity index (χ4n) is 4.02. The molecule has 2 aromatic carbocycles. The number of benzene rings is 2. The van der Waals surface area contributed by atoms with Gasteiger partial charge in [-0.15, -0.1) is 0 Å². The molecule has 1 N–H and O–H groups in total. The van der Waals surface area contributed by atoms with Crippen molar-refractivity contribution in [2.24, 2.45) is 0 Å². The molecule has 2 fully saturated rings.